The van der Waals surface area contributed by atoms with Crippen molar-refractivity contribution in [2.75, 3.05) is 11.1 Å². The largest absolute Gasteiger partial charge is 0.368 e. The molecule has 9 nitrogen and oxygen atoms in total. The highest BCUT2D eigenvalue weighted by Gasteiger charge is 2.20. The maximum atomic E-state index is 9.34. The Labute approximate surface area is 161 Å². The molecule has 0 amide bonds. The second-order valence-electron chi connectivity index (χ2n) is 6.56. The molecule has 3 N–H and O–H groups in total. The van der Waals surface area contributed by atoms with Crippen LogP contribution >= 0.6 is 0 Å². The molecule has 1 atom stereocenters. The Hall–Kier alpha value is -3.93. The fraction of sp³-hybridized carbons (Fsp3) is 0.211. The lowest BCUT2D eigenvalue weighted by Crippen LogP contribution is -2.14. The molecule has 0 radical (unpaired) electrons. The highest BCUT2D eigenvalue weighted by atomic mass is 15.3. The average Bonchev–Trinajstić information content (AvgIpc) is 3.26. The van der Waals surface area contributed by atoms with Gasteiger partial charge in [-0.3, -0.25) is 4.68 Å². The number of nitriles is 1. The van der Waals surface area contributed by atoms with Gasteiger partial charge in [-0.05, 0) is 25.1 Å². The summed E-state index contributed by atoms with van der Waals surface area (Å²) in [6.07, 6.45) is 5.14. The fourth-order valence-corrected chi connectivity index (χ4v) is 3.23. The van der Waals surface area contributed by atoms with Crippen molar-refractivity contribution in [3.8, 4) is 17.3 Å². The Bertz CT molecular complexity index is 1210. The van der Waals surface area contributed by atoms with Crippen LogP contribution in [0.4, 0.5) is 11.8 Å². The van der Waals surface area contributed by atoms with Gasteiger partial charge in [-0.15, -0.1) is 0 Å². The molecule has 1 unspecified atom stereocenters. The molecule has 0 aliphatic heterocycles. The molecule has 4 rings (SSSR count). The molecule has 0 bridgehead atoms. The summed E-state index contributed by atoms with van der Waals surface area (Å²) in [6.45, 7) is 1.97. The first kappa shape index (κ1) is 17.5. The number of hydrogen-bond acceptors (Lipinski definition) is 7. The van der Waals surface area contributed by atoms with Gasteiger partial charge in [-0.1, -0.05) is 0 Å². The Kier molecular flexibility index (Phi) is 4.16. The molecular formula is C19H19N9. The zero-order chi connectivity index (χ0) is 19.8. The maximum absolute atomic E-state index is 9.34. The van der Waals surface area contributed by atoms with E-state index in [2.05, 4.69) is 32.5 Å². The highest BCUT2D eigenvalue weighted by molar-refractivity contribution is 5.82. The molecule has 4 aromatic heterocycles. The first-order chi connectivity index (χ1) is 13.5. The van der Waals surface area contributed by atoms with E-state index in [-0.39, 0.29) is 12.0 Å². The fourth-order valence-electron chi connectivity index (χ4n) is 3.23. The van der Waals surface area contributed by atoms with Gasteiger partial charge in [0.15, 0.2) is 0 Å². The Morgan fingerprint density at radius 3 is 2.79 bits per heavy atom. The van der Waals surface area contributed by atoms with Gasteiger partial charge in [0, 0.05) is 32.1 Å². The van der Waals surface area contributed by atoms with E-state index in [1.165, 1.54) is 6.20 Å². The Morgan fingerprint density at radius 2 is 2.07 bits per heavy atom. The number of nitrogens with zero attached hydrogens (tertiary/aromatic N) is 7. The summed E-state index contributed by atoms with van der Waals surface area (Å²) in [6, 6.07) is 7.87. The standard InChI is InChI=1S/C19H19N9/c1-11(24-18-12(9-20)10-22-19(21)26-18)17-13(15-4-6-23-28(15)3)8-16-14(25-17)5-7-27(16)2/h4-8,10-11H,1-3H3,(H3,21,22,24,26). The molecule has 4 heterocycles. The van der Waals surface area contributed by atoms with Crippen LogP contribution in [-0.4, -0.2) is 29.3 Å². The molecule has 0 spiro atoms. The molecule has 0 saturated carbocycles. The van der Waals surface area contributed by atoms with Crippen LogP contribution in [-0.2, 0) is 14.1 Å². The lowest BCUT2D eigenvalue weighted by atomic mass is 10.0. The van der Waals surface area contributed by atoms with Crippen molar-refractivity contribution in [1.29, 1.82) is 5.26 Å². The van der Waals surface area contributed by atoms with Crippen molar-refractivity contribution < 1.29 is 0 Å². The van der Waals surface area contributed by atoms with Gasteiger partial charge in [0.2, 0.25) is 5.95 Å². The lowest BCUT2D eigenvalue weighted by Gasteiger charge is -2.19. The number of aromatic nitrogens is 6. The summed E-state index contributed by atoms with van der Waals surface area (Å²) >= 11 is 0. The number of nitrogen functional groups attached to an aromatic ring is 1. The molecule has 0 aliphatic rings. The van der Waals surface area contributed by atoms with Crippen LogP contribution in [0.2, 0.25) is 0 Å². The number of fused-ring (bicyclic) bond motifs is 1. The summed E-state index contributed by atoms with van der Waals surface area (Å²) in [7, 11) is 3.88. The smallest absolute Gasteiger partial charge is 0.222 e. The normalized spacial score (nSPS) is 12.1. The van der Waals surface area contributed by atoms with E-state index >= 15 is 0 Å². The topological polar surface area (TPSA) is 123 Å². The third kappa shape index (κ3) is 2.91. The number of rotatable bonds is 4. The second kappa shape index (κ2) is 6.66. The van der Waals surface area contributed by atoms with E-state index in [9.17, 15) is 5.26 Å². The molecule has 0 fully saturated rings. The van der Waals surface area contributed by atoms with Crippen molar-refractivity contribution >= 4 is 22.8 Å². The van der Waals surface area contributed by atoms with E-state index in [1.54, 1.807) is 6.20 Å². The number of nitrogens with two attached hydrogens (primary N) is 1. The summed E-state index contributed by atoms with van der Waals surface area (Å²) < 4.78 is 3.84. The first-order valence-corrected chi connectivity index (χ1v) is 8.71. The second-order valence-corrected chi connectivity index (χ2v) is 6.56. The molecule has 28 heavy (non-hydrogen) atoms. The van der Waals surface area contributed by atoms with Gasteiger partial charge in [0.05, 0.1) is 34.7 Å². The van der Waals surface area contributed by atoms with E-state index < -0.39 is 0 Å². The Balaban J connectivity index is 1.84. The molecule has 4 aromatic rings. The van der Waals surface area contributed by atoms with Gasteiger partial charge in [0.25, 0.3) is 0 Å². The predicted octanol–water partition coefficient (Wildman–Crippen LogP) is 2.39. The van der Waals surface area contributed by atoms with Crippen LogP contribution in [0.15, 0.2) is 36.8 Å². The maximum Gasteiger partial charge on any atom is 0.222 e. The van der Waals surface area contributed by atoms with Crippen LogP contribution < -0.4 is 11.1 Å². The molecule has 0 saturated heterocycles. The zero-order valence-corrected chi connectivity index (χ0v) is 15.7. The quantitative estimate of drug-likeness (QED) is 0.563. The highest BCUT2D eigenvalue weighted by Crippen LogP contribution is 2.32. The third-order valence-electron chi connectivity index (χ3n) is 4.68. The monoisotopic (exact) mass is 373 g/mol. The van der Waals surface area contributed by atoms with Crippen molar-refractivity contribution in [3.63, 3.8) is 0 Å². The molecule has 0 aliphatic carbocycles. The summed E-state index contributed by atoms with van der Waals surface area (Å²) in [5.41, 5.74) is 10.7. The van der Waals surface area contributed by atoms with E-state index in [0.29, 0.717) is 11.4 Å². The number of aryl methyl sites for hydroxylation is 2. The van der Waals surface area contributed by atoms with E-state index in [1.807, 2.05) is 48.6 Å². The molecule has 140 valence electrons. The van der Waals surface area contributed by atoms with E-state index in [4.69, 9.17) is 10.7 Å². The number of nitrogens with one attached hydrogen (secondary N) is 1. The molecule has 0 aromatic carbocycles. The van der Waals surface area contributed by atoms with Crippen molar-refractivity contribution in [1.82, 2.24) is 29.3 Å². The molecular weight excluding hydrogens is 354 g/mol. The SMILES string of the molecule is CC(Nc1nc(N)ncc1C#N)c1nc2ccn(C)c2cc1-c1ccnn1C. The minimum Gasteiger partial charge on any atom is -0.368 e. The summed E-state index contributed by atoms with van der Waals surface area (Å²) in [5.74, 6) is 0.487. The van der Waals surface area contributed by atoms with Crippen molar-refractivity contribution in [2.24, 2.45) is 14.1 Å². The van der Waals surface area contributed by atoms with Crippen molar-refractivity contribution in [3.05, 3.63) is 48.0 Å². The predicted molar refractivity (Wildman–Crippen MR) is 106 cm³/mol. The van der Waals surface area contributed by atoms with Crippen LogP contribution in [0, 0.1) is 11.3 Å². The third-order valence-corrected chi connectivity index (χ3v) is 4.68. The number of anilines is 2. The number of hydrogen-bond donors (Lipinski definition) is 2. The van der Waals surface area contributed by atoms with Crippen LogP contribution in [0.25, 0.3) is 22.3 Å². The van der Waals surface area contributed by atoms with Gasteiger partial charge in [-0.2, -0.15) is 15.3 Å². The van der Waals surface area contributed by atoms with Crippen LogP contribution in [0.1, 0.15) is 24.2 Å². The summed E-state index contributed by atoms with van der Waals surface area (Å²) in [4.78, 5) is 12.9. The first-order valence-electron chi connectivity index (χ1n) is 8.71. The van der Waals surface area contributed by atoms with Gasteiger partial charge in [0.1, 0.15) is 17.5 Å². The van der Waals surface area contributed by atoms with E-state index in [0.717, 1.165) is 28.0 Å². The number of pyridine rings is 1. The van der Waals surface area contributed by atoms with Crippen LogP contribution in [0.3, 0.4) is 0 Å². The zero-order valence-electron chi connectivity index (χ0n) is 15.7. The van der Waals surface area contributed by atoms with Crippen LogP contribution in [0.5, 0.6) is 0 Å². The van der Waals surface area contributed by atoms with Gasteiger partial charge < -0.3 is 15.6 Å². The minimum atomic E-state index is -0.240. The van der Waals surface area contributed by atoms with Crippen molar-refractivity contribution in [2.45, 2.75) is 13.0 Å². The lowest BCUT2D eigenvalue weighted by molar-refractivity contribution is 0.769. The Morgan fingerprint density at radius 1 is 1.25 bits per heavy atom. The van der Waals surface area contributed by atoms with Gasteiger partial charge >= 0.3 is 0 Å². The minimum absolute atomic E-state index is 0.104. The van der Waals surface area contributed by atoms with Gasteiger partial charge in [-0.25, -0.2) is 9.97 Å². The average molecular weight is 373 g/mol. The summed E-state index contributed by atoms with van der Waals surface area (Å²) in [5, 5.41) is 16.9. The molecule has 9 heteroatoms.